The normalized spacial score (nSPS) is 21.9. The van der Waals surface area contributed by atoms with Crippen LogP contribution in [0.5, 0.6) is 0 Å². The van der Waals surface area contributed by atoms with Crippen LogP contribution in [0.3, 0.4) is 0 Å². The summed E-state index contributed by atoms with van der Waals surface area (Å²) in [6.07, 6.45) is -27.3. The van der Waals surface area contributed by atoms with Crippen LogP contribution in [0.15, 0.2) is 26.4 Å². The lowest BCUT2D eigenvalue weighted by Crippen LogP contribution is -2.22. The van der Waals surface area contributed by atoms with Gasteiger partial charge in [-0.25, -0.2) is 0 Å². The second-order valence-electron chi connectivity index (χ2n) is 6.46. The van der Waals surface area contributed by atoms with Gasteiger partial charge in [0, 0.05) is 0 Å². The van der Waals surface area contributed by atoms with Crippen molar-refractivity contribution in [3.8, 4) is 0 Å². The summed E-state index contributed by atoms with van der Waals surface area (Å²) in [4.78, 5) is 0. The first-order valence-corrected chi connectivity index (χ1v) is 13.6. The molecule has 0 spiro atoms. The number of halogens is 15. The van der Waals surface area contributed by atoms with Crippen LogP contribution in [0.4, 0.5) is 65.9 Å². The van der Waals surface area contributed by atoms with E-state index < -0.39 is 86.9 Å². The van der Waals surface area contributed by atoms with Gasteiger partial charge in [-0.05, 0) is 0 Å². The zero-order valence-corrected chi connectivity index (χ0v) is 20.8. The Bertz CT molecular complexity index is 934. The number of hydrogen-bond donors (Lipinski definition) is 0. The Labute approximate surface area is 207 Å². The van der Waals surface area contributed by atoms with Gasteiger partial charge in [-0.3, -0.25) is 22.6 Å². The van der Waals surface area contributed by atoms with E-state index in [1.54, 1.807) is 0 Å². The molecule has 39 heavy (non-hydrogen) atoms. The predicted octanol–water partition coefficient (Wildman–Crippen LogP) is 8.89. The van der Waals surface area contributed by atoms with E-state index in [2.05, 4.69) is 47.3 Å². The summed E-state index contributed by atoms with van der Waals surface area (Å²) >= 11 is 0. The number of alkyl halides is 15. The number of rotatable bonds is 12. The third-order valence-electron chi connectivity index (χ3n) is 2.87. The van der Waals surface area contributed by atoms with Crippen LogP contribution >= 0.6 is 23.0 Å². The lowest BCUT2D eigenvalue weighted by molar-refractivity contribution is -0.163. The molecule has 1 aliphatic heterocycles. The summed E-state index contributed by atoms with van der Waals surface area (Å²) in [6.45, 7) is -10.5. The van der Waals surface area contributed by atoms with Gasteiger partial charge in [0.2, 0.25) is 0 Å². The van der Waals surface area contributed by atoms with Crippen molar-refractivity contribution >= 4 is 23.0 Å². The Balaban J connectivity index is 4.09. The maximum atomic E-state index is 12.8. The van der Waals surface area contributed by atoms with Gasteiger partial charge in [-0.1, -0.05) is 6.58 Å². The second-order valence-corrected chi connectivity index (χ2v) is 13.0. The van der Waals surface area contributed by atoms with Crippen LogP contribution in [-0.4, -0.2) is 63.9 Å². The van der Waals surface area contributed by atoms with E-state index in [-0.39, 0.29) is 6.26 Å². The zero-order valence-electron chi connectivity index (χ0n) is 18.1. The van der Waals surface area contributed by atoms with Gasteiger partial charge in [-0.2, -0.15) is 65.9 Å². The van der Waals surface area contributed by atoms with Crippen molar-refractivity contribution in [3.05, 3.63) is 12.8 Å². The van der Waals surface area contributed by atoms with Gasteiger partial charge in [0.1, 0.15) is 0 Å². The maximum absolute atomic E-state index is 12.8. The first-order chi connectivity index (χ1) is 17.2. The van der Waals surface area contributed by atoms with Crippen molar-refractivity contribution in [2.45, 2.75) is 30.9 Å². The lowest BCUT2D eigenvalue weighted by Gasteiger charge is -2.33. The molecule has 0 amide bonds. The van der Waals surface area contributed by atoms with Crippen molar-refractivity contribution < 1.29 is 93.0 Å². The first-order valence-electron chi connectivity index (χ1n) is 8.99. The molecular formula is C12H13F15N3O6P3. The third-order valence-corrected chi connectivity index (χ3v) is 11.0. The summed E-state index contributed by atoms with van der Waals surface area (Å²) in [6, 6.07) is 0. The van der Waals surface area contributed by atoms with Gasteiger partial charge >= 0.3 is 53.9 Å². The summed E-state index contributed by atoms with van der Waals surface area (Å²) in [5.74, 6) is 0. The molecule has 0 N–H and O–H groups in total. The van der Waals surface area contributed by atoms with Gasteiger partial charge in [0.15, 0.2) is 33.0 Å². The fraction of sp³-hybridized carbons (Fsp3) is 0.833. The highest BCUT2D eigenvalue weighted by Gasteiger charge is 2.50. The van der Waals surface area contributed by atoms with E-state index in [4.69, 9.17) is 0 Å². The molecule has 1 aliphatic rings. The molecule has 0 saturated carbocycles. The molecule has 0 saturated heterocycles. The van der Waals surface area contributed by atoms with E-state index in [0.717, 1.165) is 0 Å². The maximum Gasteiger partial charge on any atom is 0.412 e. The Hall–Kier alpha value is -1.02. The summed E-state index contributed by atoms with van der Waals surface area (Å²) in [5, 5.41) is 0. The van der Waals surface area contributed by atoms with Crippen molar-refractivity contribution in [3.63, 3.8) is 0 Å². The van der Waals surface area contributed by atoms with Gasteiger partial charge in [0.25, 0.3) is 0 Å². The molecule has 0 radical (unpaired) electrons. The van der Waals surface area contributed by atoms with Gasteiger partial charge < -0.3 is 4.52 Å². The van der Waals surface area contributed by atoms with E-state index in [1.807, 2.05) is 0 Å². The Kier molecular flexibility index (Phi) is 11.5. The van der Waals surface area contributed by atoms with E-state index in [1.165, 1.54) is 0 Å². The smallest absolute Gasteiger partial charge is 0.412 e. The predicted molar refractivity (Wildman–Crippen MR) is 99.4 cm³/mol. The first kappa shape index (κ1) is 36.0. The van der Waals surface area contributed by atoms with Crippen molar-refractivity contribution in [1.29, 1.82) is 0 Å². The van der Waals surface area contributed by atoms with Crippen LogP contribution < -0.4 is 0 Å². The number of nitrogens with zero attached hydrogens (tertiary/aromatic N) is 3. The highest BCUT2D eigenvalue weighted by atomic mass is 31.3. The summed E-state index contributed by atoms with van der Waals surface area (Å²) in [5.41, 5.74) is 0. The minimum atomic E-state index is -5.94. The Morgan fingerprint density at radius 1 is 0.436 bits per heavy atom. The number of hydrogen-bond acceptors (Lipinski definition) is 9. The van der Waals surface area contributed by atoms with Crippen molar-refractivity contribution in [2.75, 3.05) is 33.0 Å². The zero-order chi connectivity index (χ0) is 30.6. The molecule has 0 aliphatic carbocycles. The second kappa shape index (κ2) is 12.5. The third kappa shape index (κ3) is 14.4. The van der Waals surface area contributed by atoms with Crippen LogP contribution in [0.1, 0.15) is 0 Å². The van der Waals surface area contributed by atoms with Crippen LogP contribution in [0, 0.1) is 0 Å². The topological polar surface area (TPSA) is 92.5 Å². The van der Waals surface area contributed by atoms with Crippen LogP contribution in [0.25, 0.3) is 0 Å². The molecule has 0 aromatic carbocycles. The quantitative estimate of drug-likeness (QED) is 0.117. The SMILES string of the molecule is C=COP1(OCC(F)(F)F)=NP(OCC(F)(F)F)(OCC(F)(F)F)=NP(OCC(F)(F)F)(OCC(F)(F)F)=N1. The average Bonchev–Trinajstić information content (AvgIpc) is 2.70. The minimum Gasteiger partial charge on any atom is -0.430 e. The standard InChI is InChI=1S/C12H13F15N3O6P3/c1-2-31-37(32-3-8(13,14)15)28-38(33-4-9(16,17)18,34-5-10(19,20)21)30-39(29-37,35-6-11(22,23)24)36-7-12(25,26)27/h2H,1,3-7H2. The van der Waals surface area contributed by atoms with E-state index in [0.29, 0.717) is 0 Å². The van der Waals surface area contributed by atoms with E-state index >= 15 is 0 Å². The molecule has 0 fully saturated rings. The summed E-state index contributed by atoms with van der Waals surface area (Å²) < 4.78 is 226. The molecule has 1 heterocycles. The minimum absolute atomic E-state index is 0.0624. The Morgan fingerprint density at radius 2 is 0.641 bits per heavy atom. The van der Waals surface area contributed by atoms with Crippen LogP contribution in [-0.2, 0) is 27.1 Å². The molecule has 0 bridgehead atoms. The Morgan fingerprint density at radius 3 is 0.872 bits per heavy atom. The molecule has 1 rings (SSSR count). The fourth-order valence-corrected chi connectivity index (χ4v) is 11.0. The largest absolute Gasteiger partial charge is 0.430 e. The summed E-state index contributed by atoms with van der Waals surface area (Å²) in [7, 11) is -17.5. The molecule has 27 heteroatoms. The average molecular weight is 673 g/mol. The van der Waals surface area contributed by atoms with Crippen molar-refractivity contribution in [2.24, 2.45) is 13.5 Å². The van der Waals surface area contributed by atoms with Crippen molar-refractivity contribution in [1.82, 2.24) is 0 Å². The van der Waals surface area contributed by atoms with Gasteiger partial charge in [-0.15, -0.1) is 13.5 Å². The molecular weight excluding hydrogens is 660 g/mol. The molecule has 1 atom stereocenters. The highest BCUT2D eigenvalue weighted by molar-refractivity contribution is 7.78. The van der Waals surface area contributed by atoms with Gasteiger partial charge in [0.05, 0.1) is 6.26 Å². The lowest BCUT2D eigenvalue weighted by atomic mass is 10.7. The van der Waals surface area contributed by atoms with Crippen LogP contribution in [0.2, 0.25) is 0 Å². The molecule has 0 aromatic rings. The highest BCUT2D eigenvalue weighted by Crippen LogP contribution is 2.81. The molecule has 232 valence electrons. The molecule has 9 nitrogen and oxygen atoms in total. The monoisotopic (exact) mass is 673 g/mol. The molecule has 0 aromatic heterocycles. The fourth-order valence-electron chi connectivity index (χ4n) is 1.77. The van der Waals surface area contributed by atoms with E-state index in [9.17, 15) is 65.9 Å². The molecule has 1 unspecified atom stereocenters.